The number of carbonyl (C=O) groups excluding carboxylic acids is 2. The van der Waals surface area contributed by atoms with Crippen molar-refractivity contribution in [3.8, 4) is 0 Å². The summed E-state index contributed by atoms with van der Waals surface area (Å²) in [6.07, 6.45) is 4.83. The molecule has 0 atom stereocenters. The molecule has 2 aromatic heterocycles. The number of nitrogens with one attached hydrogen (secondary N) is 4. The van der Waals surface area contributed by atoms with E-state index < -0.39 is 0 Å². The van der Waals surface area contributed by atoms with E-state index in [1.165, 1.54) is 11.3 Å². The second kappa shape index (κ2) is 12.8. The number of benzene rings is 1. The van der Waals surface area contributed by atoms with Crippen molar-refractivity contribution in [1.82, 2.24) is 20.2 Å². The molecule has 9 nitrogen and oxygen atoms in total. The van der Waals surface area contributed by atoms with E-state index in [1.54, 1.807) is 6.20 Å². The summed E-state index contributed by atoms with van der Waals surface area (Å²) < 4.78 is 0.902. The van der Waals surface area contributed by atoms with Crippen molar-refractivity contribution in [2.75, 3.05) is 48.7 Å². The maximum absolute atomic E-state index is 12.3. The van der Waals surface area contributed by atoms with Gasteiger partial charge in [0.15, 0.2) is 0 Å². The van der Waals surface area contributed by atoms with Gasteiger partial charge in [0.05, 0.1) is 15.0 Å². The van der Waals surface area contributed by atoms with E-state index in [4.69, 9.17) is 0 Å². The molecule has 1 aliphatic heterocycles. The Morgan fingerprint density at radius 3 is 2.71 bits per heavy atom. The SMILES string of the molecule is O=C(CN1CCCC1)Nc1cccc(Nc2ncc(I)c(NCCCNC(=O)c3cccs3)n2)c1. The van der Waals surface area contributed by atoms with Crippen LogP contribution in [0.1, 0.15) is 28.9 Å². The Bertz CT molecular complexity index is 1140. The Kier molecular flexibility index (Phi) is 9.26. The van der Waals surface area contributed by atoms with Crippen LogP contribution < -0.4 is 21.3 Å². The molecule has 0 aliphatic carbocycles. The van der Waals surface area contributed by atoms with Crippen LogP contribution in [0, 0.1) is 3.57 Å². The van der Waals surface area contributed by atoms with Crippen LogP contribution in [0.3, 0.4) is 0 Å². The molecular formula is C24H28IN7O2S. The molecular weight excluding hydrogens is 577 g/mol. The van der Waals surface area contributed by atoms with Crippen molar-refractivity contribution in [3.63, 3.8) is 0 Å². The normalized spacial score (nSPS) is 13.4. The zero-order valence-electron chi connectivity index (χ0n) is 19.2. The van der Waals surface area contributed by atoms with Crippen LogP contribution in [0.5, 0.6) is 0 Å². The topological polar surface area (TPSA) is 111 Å². The number of nitrogens with zero attached hydrogens (tertiary/aromatic N) is 3. The highest BCUT2D eigenvalue weighted by atomic mass is 127. The van der Waals surface area contributed by atoms with Gasteiger partial charge in [-0.25, -0.2) is 4.98 Å². The van der Waals surface area contributed by atoms with Crippen molar-refractivity contribution in [2.24, 2.45) is 0 Å². The van der Waals surface area contributed by atoms with Crippen molar-refractivity contribution >= 4 is 68.9 Å². The molecule has 0 unspecified atom stereocenters. The number of likely N-dealkylation sites (tertiary alicyclic amines) is 1. The Balaban J connectivity index is 1.26. The summed E-state index contributed by atoms with van der Waals surface area (Å²) in [4.78, 5) is 36.2. The highest BCUT2D eigenvalue weighted by Gasteiger charge is 2.15. The highest BCUT2D eigenvalue weighted by molar-refractivity contribution is 14.1. The molecule has 11 heteroatoms. The molecule has 3 heterocycles. The fourth-order valence-electron chi connectivity index (χ4n) is 3.69. The van der Waals surface area contributed by atoms with Crippen LogP contribution in [-0.2, 0) is 4.79 Å². The zero-order chi connectivity index (χ0) is 24.5. The minimum absolute atomic E-state index is 0.00682. The summed E-state index contributed by atoms with van der Waals surface area (Å²) in [5.74, 6) is 1.13. The molecule has 35 heavy (non-hydrogen) atoms. The molecule has 4 rings (SSSR count). The van der Waals surface area contributed by atoms with Crippen LogP contribution in [0.4, 0.5) is 23.1 Å². The molecule has 0 bridgehead atoms. The molecule has 3 aromatic rings. The number of carbonyl (C=O) groups is 2. The van der Waals surface area contributed by atoms with Gasteiger partial charge in [0.2, 0.25) is 11.9 Å². The summed E-state index contributed by atoms with van der Waals surface area (Å²) >= 11 is 3.62. The second-order valence-corrected chi connectivity index (χ2v) is 10.3. The number of aromatic nitrogens is 2. The molecule has 1 fully saturated rings. The van der Waals surface area contributed by atoms with Gasteiger partial charge in [-0.3, -0.25) is 14.5 Å². The van der Waals surface area contributed by atoms with Gasteiger partial charge >= 0.3 is 0 Å². The third-order valence-corrected chi connectivity index (χ3v) is 7.05. The predicted molar refractivity (Wildman–Crippen MR) is 149 cm³/mol. The molecule has 1 aromatic carbocycles. The van der Waals surface area contributed by atoms with E-state index >= 15 is 0 Å². The Labute approximate surface area is 222 Å². The smallest absolute Gasteiger partial charge is 0.261 e. The van der Waals surface area contributed by atoms with Gasteiger partial charge in [0.1, 0.15) is 5.82 Å². The summed E-state index contributed by atoms with van der Waals surface area (Å²) in [5, 5.41) is 14.3. The number of hydrogen-bond donors (Lipinski definition) is 4. The number of thiophene rings is 1. The first kappa shape index (κ1) is 25.3. The summed E-state index contributed by atoms with van der Waals surface area (Å²) in [6, 6.07) is 11.2. The van der Waals surface area contributed by atoms with E-state index in [2.05, 4.69) is 58.7 Å². The maximum atomic E-state index is 12.3. The van der Waals surface area contributed by atoms with Gasteiger partial charge in [-0.2, -0.15) is 4.98 Å². The fourth-order valence-corrected chi connectivity index (χ4v) is 4.78. The van der Waals surface area contributed by atoms with Gasteiger partial charge in [-0.05, 0) is 84.6 Å². The van der Waals surface area contributed by atoms with Crippen LogP contribution in [0.15, 0.2) is 48.0 Å². The quantitative estimate of drug-likeness (QED) is 0.192. The second-order valence-electron chi connectivity index (χ2n) is 8.14. The van der Waals surface area contributed by atoms with Crippen molar-refractivity contribution in [2.45, 2.75) is 19.3 Å². The zero-order valence-corrected chi connectivity index (χ0v) is 22.2. The van der Waals surface area contributed by atoms with Crippen LogP contribution in [0.25, 0.3) is 0 Å². The Morgan fingerprint density at radius 2 is 1.91 bits per heavy atom. The minimum Gasteiger partial charge on any atom is -0.369 e. The van der Waals surface area contributed by atoms with Gasteiger partial charge in [0.25, 0.3) is 5.91 Å². The number of anilines is 4. The third-order valence-electron chi connectivity index (χ3n) is 5.39. The monoisotopic (exact) mass is 605 g/mol. The van der Waals surface area contributed by atoms with E-state index in [0.29, 0.717) is 30.5 Å². The number of halogens is 1. The first-order valence-corrected chi connectivity index (χ1v) is 13.5. The molecule has 1 aliphatic rings. The van der Waals surface area contributed by atoms with Crippen molar-refractivity contribution < 1.29 is 9.59 Å². The number of hydrogen-bond acceptors (Lipinski definition) is 8. The molecule has 4 N–H and O–H groups in total. The number of rotatable bonds is 11. The summed E-state index contributed by atoms with van der Waals surface area (Å²) in [6.45, 7) is 3.63. The van der Waals surface area contributed by atoms with E-state index in [1.807, 2.05) is 41.8 Å². The fraction of sp³-hybridized carbons (Fsp3) is 0.333. The Hall–Kier alpha value is -2.77. The minimum atomic E-state index is -0.0439. The molecule has 184 valence electrons. The lowest BCUT2D eigenvalue weighted by molar-refractivity contribution is -0.117. The number of amides is 2. The Morgan fingerprint density at radius 1 is 1.09 bits per heavy atom. The van der Waals surface area contributed by atoms with Gasteiger partial charge in [-0.1, -0.05) is 12.1 Å². The largest absolute Gasteiger partial charge is 0.369 e. The third kappa shape index (κ3) is 7.87. The van der Waals surface area contributed by atoms with Crippen molar-refractivity contribution in [1.29, 1.82) is 0 Å². The van der Waals surface area contributed by atoms with E-state index in [9.17, 15) is 9.59 Å². The van der Waals surface area contributed by atoms with Crippen LogP contribution in [-0.4, -0.2) is 59.4 Å². The summed E-state index contributed by atoms with van der Waals surface area (Å²) in [7, 11) is 0. The lowest BCUT2D eigenvalue weighted by Gasteiger charge is -2.14. The van der Waals surface area contributed by atoms with E-state index in [0.717, 1.165) is 53.1 Å². The first-order valence-electron chi connectivity index (χ1n) is 11.5. The maximum Gasteiger partial charge on any atom is 0.261 e. The van der Waals surface area contributed by atoms with Crippen LogP contribution >= 0.6 is 33.9 Å². The van der Waals surface area contributed by atoms with Gasteiger partial charge < -0.3 is 21.3 Å². The molecule has 1 saturated heterocycles. The highest BCUT2D eigenvalue weighted by Crippen LogP contribution is 2.21. The van der Waals surface area contributed by atoms with Crippen molar-refractivity contribution in [3.05, 3.63) is 56.4 Å². The van der Waals surface area contributed by atoms with Gasteiger partial charge in [0, 0.05) is 30.7 Å². The van der Waals surface area contributed by atoms with Gasteiger partial charge in [-0.15, -0.1) is 11.3 Å². The van der Waals surface area contributed by atoms with Crippen LogP contribution in [0.2, 0.25) is 0 Å². The molecule has 2 amide bonds. The lowest BCUT2D eigenvalue weighted by atomic mass is 10.2. The first-order chi connectivity index (χ1) is 17.1. The predicted octanol–water partition coefficient (Wildman–Crippen LogP) is 4.15. The molecule has 0 saturated carbocycles. The average molecular weight is 606 g/mol. The molecule has 0 radical (unpaired) electrons. The molecule has 0 spiro atoms. The lowest BCUT2D eigenvalue weighted by Crippen LogP contribution is -2.30. The van der Waals surface area contributed by atoms with E-state index in [-0.39, 0.29) is 11.8 Å². The average Bonchev–Trinajstić information content (AvgIpc) is 3.55. The standard InChI is InChI=1S/C24H28IN7O2S/c25-19-15-28-24(31-22(19)26-9-5-10-27-23(34)20-8-4-13-35-20)30-18-7-3-6-17(14-18)29-21(33)16-32-11-1-2-12-32/h3-4,6-8,13-15H,1-2,5,9-12,16H2,(H,27,34)(H,29,33)(H2,26,28,30,31). The summed E-state index contributed by atoms with van der Waals surface area (Å²) in [5.41, 5.74) is 1.51.